The molecule has 0 aromatic carbocycles. The Labute approximate surface area is 134 Å². The molecule has 4 amide bonds. The van der Waals surface area contributed by atoms with Crippen LogP contribution < -0.4 is 5.32 Å². The van der Waals surface area contributed by atoms with Gasteiger partial charge in [0.05, 0.1) is 12.2 Å². The highest BCUT2D eigenvalue weighted by atomic mass is 16.2. The number of carbonyl (C=O) groups excluding carboxylic acids is 3. The van der Waals surface area contributed by atoms with Crippen LogP contribution in [0.3, 0.4) is 0 Å². The van der Waals surface area contributed by atoms with Crippen molar-refractivity contribution in [3.8, 4) is 0 Å². The van der Waals surface area contributed by atoms with Gasteiger partial charge in [-0.3, -0.25) is 24.4 Å². The number of rotatable bonds is 4. The molecule has 0 aliphatic carbocycles. The van der Waals surface area contributed by atoms with Crippen molar-refractivity contribution in [1.29, 1.82) is 0 Å². The molecule has 0 saturated carbocycles. The Kier molecular flexibility index (Phi) is 4.52. The SMILES string of the molecule is O=C(CN1C(=O)CNC1=O)N1CCN(Cc2ccccn2)CC1. The Morgan fingerprint density at radius 3 is 2.57 bits per heavy atom. The molecule has 1 aromatic heterocycles. The average Bonchev–Trinajstić information content (AvgIpc) is 2.88. The summed E-state index contributed by atoms with van der Waals surface area (Å²) in [6.07, 6.45) is 1.77. The van der Waals surface area contributed by atoms with Gasteiger partial charge in [0.2, 0.25) is 5.91 Å². The number of aromatic nitrogens is 1. The molecule has 0 spiro atoms. The smallest absolute Gasteiger partial charge is 0.325 e. The maximum absolute atomic E-state index is 12.2. The predicted molar refractivity (Wildman–Crippen MR) is 81.2 cm³/mol. The van der Waals surface area contributed by atoms with E-state index in [2.05, 4.69) is 15.2 Å². The number of nitrogens with zero attached hydrogens (tertiary/aromatic N) is 4. The molecule has 0 bridgehead atoms. The third-order valence-electron chi connectivity index (χ3n) is 4.07. The Morgan fingerprint density at radius 1 is 1.17 bits per heavy atom. The topological polar surface area (TPSA) is 85.8 Å². The van der Waals surface area contributed by atoms with Gasteiger partial charge in [-0.15, -0.1) is 0 Å². The van der Waals surface area contributed by atoms with Crippen LogP contribution in [-0.2, 0) is 16.1 Å². The second-order valence-electron chi connectivity index (χ2n) is 5.62. The molecule has 23 heavy (non-hydrogen) atoms. The number of piperazine rings is 1. The number of hydrogen-bond donors (Lipinski definition) is 1. The van der Waals surface area contributed by atoms with E-state index in [0.29, 0.717) is 13.1 Å². The van der Waals surface area contributed by atoms with Gasteiger partial charge in [-0.1, -0.05) is 6.07 Å². The lowest BCUT2D eigenvalue weighted by Gasteiger charge is -2.35. The van der Waals surface area contributed by atoms with E-state index in [1.165, 1.54) is 0 Å². The minimum Gasteiger partial charge on any atom is -0.339 e. The van der Waals surface area contributed by atoms with E-state index in [4.69, 9.17) is 0 Å². The highest BCUT2D eigenvalue weighted by molar-refractivity contribution is 6.04. The number of nitrogens with one attached hydrogen (secondary N) is 1. The maximum Gasteiger partial charge on any atom is 0.325 e. The molecule has 2 saturated heterocycles. The summed E-state index contributed by atoms with van der Waals surface area (Å²) in [6, 6.07) is 5.34. The molecule has 0 radical (unpaired) electrons. The molecule has 3 heterocycles. The molecule has 2 aliphatic rings. The number of amides is 4. The van der Waals surface area contributed by atoms with Crippen LogP contribution in [0.15, 0.2) is 24.4 Å². The van der Waals surface area contributed by atoms with E-state index in [9.17, 15) is 14.4 Å². The van der Waals surface area contributed by atoms with Crippen LogP contribution in [0.5, 0.6) is 0 Å². The zero-order valence-corrected chi connectivity index (χ0v) is 12.8. The van der Waals surface area contributed by atoms with E-state index in [0.717, 1.165) is 30.2 Å². The van der Waals surface area contributed by atoms with Gasteiger partial charge >= 0.3 is 6.03 Å². The minimum atomic E-state index is -0.489. The van der Waals surface area contributed by atoms with Crippen LogP contribution >= 0.6 is 0 Å². The predicted octanol–water partition coefficient (Wildman–Crippen LogP) is -0.722. The van der Waals surface area contributed by atoms with Crippen LogP contribution in [-0.4, -0.2) is 76.8 Å². The third-order valence-corrected chi connectivity index (χ3v) is 4.07. The summed E-state index contributed by atoms with van der Waals surface area (Å²) in [4.78, 5) is 44.4. The Hall–Kier alpha value is -2.48. The van der Waals surface area contributed by atoms with Crippen LogP contribution in [0.1, 0.15) is 5.69 Å². The molecule has 2 fully saturated rings. The third kappa shape index (κ3) is 3.65. The van der Waals surface area contributed by atoms with E-state index < -0.39 is 6.03 Å². The van der Waals surface area contributed by atoms with Crippen molar-refractivity contribution in [2.45, 2.75) is 6.54 Å². The van der Waals surface area contributed by atoms with Gasteiger partial charge < -0.3 is 10.2 Å². The first-order valence-electron chi connectivity index (χ1n) is 7.62. The maximum atomic E-state index is 12.2. The van der Waals surface area contributed by atoms with Gasteiger partial charge in [0.15, 0.2) is 0 Å². The number of imide groups is 1. The summed E-state index contributed by atoms with van der Waals surface area (Å²) in [5.41, 5.74) is 1.01. The standard InChI is InChI=1S/C15H19N5O3/c21-13-9-17-15(23)20(13)11-14(22)19-7-5-18(6-8-19)10-12-3-1-2-4-16-12/h1-4H,5-11H2,(H,17,23). The van der Waals surface area contributed by atoms with Crippen LogP contribution in [0.25, 0.3) is 0 Å². The van der Waals surface area contributed by atoms with E-state index in [1.54, 1.807) is 11.1 Å². The molecule has 1 N–H and O–H groups in total. The molecule has 1 aromatic rings. The monoisotopic (exact) mass is 317 g/mol. The summed E-state index contributed by atoms with van der Waals surface area (Å²) in [7, 11) is 0. The lowest BCUT2D eigenvalue weighted by Crippen LogP contribution is -2.51. The fraction of sp³-hybridized carbons (Fsp3) is 0.467. The summed E-state index contributed by atoms with van der Waals surface area (Å²) >= 11 is 0. The van der Waals surface area contributed by atoms with Gasteiger partial charge in [0.1, 0.15) is 6.54 Å². The van der Waals surface area contributed by atoms with Crippen LogP contribution in [0, 0.1) is 0 Å². The normalized spacial score (nSPS) is 19.1. The van der Waals surface area contributed by atoms with Gasteiger partial charge in [-0.05, 0) is 12.1 Å². The number of pyridine rings is 1. The molecule has 0 atom stereocenters. The zero-order valence-electron chi connectivity index (χ0n) is 12.8. The van der Waals surface area contributed by atoms with Crippen molar-refractivity contribution < 1.29 is 14.4 Å². The highest BCUT2D eigenvalue weighted by Crippen LogP contribution is 2.08. The van der Waals surface area contributed by atoms with Crippen molar-refractivity contribution in [3.63, 3.8) is 0 Å². The van der Waals surface area contributed by atoms with Crippen molar-refractivity contribution in [1.82, 2.24) is 25.0 Å². The van der Waals surface area contributed by atoms with Crippen molar-refractivity contribution in [3.05, 3.63) is 30.1 Å². The molecule has 0 unspecified atom stereocenters. The lowest BCUT2D eigenvalue weighted by molar-refractivity contribution is -0.137. The second kappa shape index (κ2) is 6.74. The minimum absolute atomic E-state index is 0.0238. The molecule has 8 heteroatoms. The number of carbonyl (C=O) groups is 3. The van der Waals surface area contributed by atoms with Crippen molar-refractivity contribution in [2.75, 3.05) is 39.3 Å². The van der Waals surface area contributed by atoms with Gasteiger partial charge in [-0.25, -0.2) is 4.79 Å². The van der Waals surface area contributed by atoms with E-state index in [1.807, 2.05) is 18.2 Å². The van der Waals surface area contributed by atoms with Crippen molar-refractivity contribution >= 4 is 17.8 Å². The fourth-order valence-electron chi connectivity index (χ4n) is 2.73. The number of urea groups is 1. The van der Waals surface area contributed by atoms with Gasteiger partial charge in [0.25, 0.3) is 5.91 Å². The fourth-order valence-corrected chi connectivity index (χ4v) is 2.73. The molecule has 122 valence electrons. The van der Waals surface area contributed by atoms with E-state index in [-0.39, 0.29) is 24.9 Å². The Morgan fingerprint density at radius 2 is 1.96 bits per heavy atom. The van der Waals surface area contributed by atoms with Crippen LogP contribution in [0.2, 0.25) is 0 Å². The Balaban J connectivity index is 1.48. The van der Waals surface area contributed by atoms with Crippen molar-refractivity contribution in [2.24, 2.45) is 0 Å². The first kappa shape index (κ1) is 15.4. The largest absolute Gasteiger partial charge is 0.339 e. The summed E-state index contributed by atoms with van der Waals surface area (Å²) in [6.45, 7) is 3.25. The van der Waals surface area contributed by atoms with E-state index >= 15 is 0 Å². The quantitative estimate of drug-likeness (QED) is 0.741. The molecular weight excluding hydrogens is 298 g/mol. The molecule has 2 aliphatic heterocycles. The average molecular weight is 317 g/mol. The first-order chi connectivity index (χ1) is 11.1. The van der Waals surface area contributed by atoms with Crippen LogP contribution in [0.4, 0.5) is 4.79 Å². The summed E-state index contributed by atoms with van der Waals surface area (Å²) in [5.74, 6) is -0.537. The van der Waals surface area contributed by atoms with Gasteiger partial charge in [0, 0.05) is 38.9 Å². The van der Waals surface area contributed by atoms with Gasteiger partial charge in [-0.2, -0.15) is 0 Å². The summed E-state index contributed by atoms with van der Waals surface area (Å²) in [5, 5.41) is 2.41. The first-order valence-corrected chi connectivity index (χ1v) is 7.62. The summed E-state index contributed by atoms with van der Waals surface area (Å²) < 4.78 is 0. The Bertz CT molecular complexity index is 582. The highest BCUT2D eigenvalue weighted by Gasteiger charge is 2.32. The molecular formula is C15H19N5O3. The second-order valence-corrected chi connectivity index (χ2v) is 5.62. The zero-order chi connectivity index (χ0) is 16.2. The molecule has 8 nitrogen and oxygen atoms in total. The molecule has 3 rings (SSSR count). The number of hydrogen-bond acceptors (Lipinski definition) is 5. The lowest BCUT2D eigenvalue weighted by atomic mass is 10.2.